The molecular weight excluding hydrogens is 326 g/mol. The van der Waals surface area contributed by atoms with Crippen molar-refractivity contribution in [1.82, 2.24) is 4.98 Å². The van der Waals surface area contributed by atoms with Crippen molar-refractivity contribution in [2.24, 2.45) is 0 Å². The van der Waals surface area contributed by atoms with Crippen LogP contribution < -0.4 is 0 Å². The van der Waals surface area contributed by atoms with Gasteiger partial charge in [0.15, 0.2) is 0 Å². The van der Waals surface area contributed by atoms with Crippen molar-refractivity contribution >= 4 is 0 Å². The average Bonchev–Trinajstić information content (AvgIpc) is 2.75. The Morgan fingerprint density at radius 3 is 1.59 bits per heavy atom. The van der Waals surface area contributed by atoms with Gasteiger partial charge in [0.2, 0.25) is 0 Å². The normalized spacial score (nSPS) is 11.3. The lowest BCUT2D eigenvalue weighted by Gasteiger charge is -2.26. The summed E-state index contributed by atoms with van der Waals surface area (Å²) in [6.45, 7) is 4.51. The molecule has 27 heavy (non-hydrogen) atoms. The van der Waals surface area contributed by atoms with E-state index in [4.69, 9.17) is 4.98 Å². The molecule has 0 aliphatic rings. The number of hydrogen-bond donors (Lipinski definition) is 0. The average molecular weight is 349 g/mol. The van der Waals surface area contributed by atoms with Crippen LogP contribution >= 0.6 is 0 Å². The number of pyridine rings is 1. The smallest absolute Gasteiger partial charge is 0.0702 e. The molecule has 0 aliphatic heterocycles. The van der Waals surface area contributed by atoms with E-state index in [0.29, 0.717) is 0 Å². The van der Waals surface area contributed by atoms with Gasteiger partial charge in [-0.15, -0.1) is 0 Å². The Morgan fingerprint density at radius 1 is 0.519 bits per heavy atom. The Hall–Kier alpha value is -3.19. The lowest BCUT2D eigenvalue weighted by molar-refractivity contribution is 0.638. The topological polar surface area (TPSA) is 12.9 Å². The summed E-state index contributed by atoms with van der Waals surface area (Å²) < 4.78 is 0. The first-order chi connectivity index (χ1) is 13.1. The molecule has 0 spiro atoms. The van der Waals surface area contributed by atoms with Crippen molar-refractivity contribution in [3.63, 3.8) is 0 Å². The van der Waals surface area contributed by atoms with Gasteiger partial charge in [0, 0.05) is 17.2 Å². The van der Waals surface area contributed by atoms with E-state index < -0.39 is 0 Å². The van der Waals surface area contributed by atoms with Crippen LogP contribution in [0.5, 0.6) is 0 Å². The second-order valence-corrected chi connectivity index (χ2v) is 7.37. The van der Waals surface area contributed by atoms with Crippen molar-refractivity contribution in [2.75, 3.05) is 0 Å². The first-order valence-corrected chi connectivity index (χ1v) is 9.32. The first kappa shape index (κ1) is 17.2. The van der Waals surface area contributed by atoms with E-state index in [1.54, 1.807) is 0 Å². The minimum atomic E-state index is -0.0998. The third-order valence-electron chi connectivity index (χ3n) is 5.27. The molecule has 4 rings (SSSR count). The van der Waals surface area contributed by atoms with Gasteiger partial charge in [-0.05, 0) is 28.3 Å². The van der Waals surface area contributed by atoms with Crippen molar-refractivity contribution in [2.45, 2.75) is 19.3 Å². The van der Waals surface area contributed by atoms with Gasteiger partial charge in [-0.2, -0.15) is 0 Å². The number of rotatable bonds is 4. The molecule has 1 heterocycles. The summed E-state index contributed by atoms with van der Waals surface area (Å²) in [6, 6.07) is 34.0. The zero-order valence-electron chi connectivity index (χ0n) is 15.8. The third kappa shape index (κ3) is 3.54. The van der Waals surface area contributed by atoms with Crippen LogP contribution in [-0.2, 0) is 5.41 Å². The van der Waals surface area contributed by atoms with E-state index >= 15 is 0 Å². The molecule has 0 unspecified atom stereocenters. The molecule has 0 saturated heterocycles. The molecule has 0 saturated carbocycles. The van der Waals surface area contributed by atoms with Gasteiger partial charge in [0.05, 0.1) is 5.69 Å². The van der Waals surface area contributed by atoms with Gasteiger partial charge in [-0.3, -0.25) is 4.98 Å². The van der Waals surface area contributed by atoms with Crippen molar-refractivity contribution in [3.05, 3.63) is 114 Å². The Morgan fingerprint density at radius 2 is 1.04 bits per heavy atom. The fourth-order valence-electron chi connectivity index (χ4n) is 3.42. The number of hydrogen-bond acceptors (Lipinski definition) is 1. The van der Waals surface area contributed by atoms with Gasteiger partial charge >= 0.3 is 0 Å². The molecule has 0 bridgehead atoms. The summed E-state index contributed by atoms with van der Waals surface area (Å²) in [5.41, 5.74) is 7.05. The van der Waals surface area contributed by atoms with E-state index in [2.05, 4.69) is 86.6 Å². The van der Waals surface area contributed by atoms with E-state index in [0.717, 1.165) is 11.3 Å². The lowest BCUT2D eigenvalue weighted by atomic mass is 9.78. The Balaban J connectivity index is 1.61. The standard InChI is InChI=1S/C26H23N/c1-26(2,23-15-13-21(14-16-23)20-9-5-3-6-10-20)24-17-18-25(27-19-24)22-11-7-4-8-12-22/h3-19H,1-2H3. The SMILES string of the molecule is CC(C)(c1ccc(-c2ccccc2)cc1)c1ccc(-c2ccccc2)nc1. The highest BCUT2D eigenvalue weighted by Crippen LogP contribution is 2.33. The molecule has 3 aromatic carbocycles. The van der Waals surface area contributed by atoms with E-state index in [-0.39, 0.29) is 5.41 Å². The minimum absolute atomic E-state index is 0.0998. The predicted molar refractivity (Wildman–Crippen MR) is 114 cm³/mol. The van der Waals surface area contributed by atoms with Crippen LogP contribution in [0.2, 0.25) is 0 Å². The van der Waals surface area contributed by atoms with Crippen molar-refractivity contribution < 1.29 is 0 Å². The fourth-order valence-corrected chi connectivity index (χ4v) is 3.42. The summed E-state index contributed by atoms with van der Waals surface area (Å²) in [5, 5.41) is 0. The number of aromatic nitrogens is 1. The zero-order valence-corrected chi connectivity index (χ0v) is 15.8. The summed E-state index contributed by atoms with van der Waals surface area (Å²) in [7, 11) is 0. The molecular formula is C26H23N. The molecule has 1 aromatic heterocycles. The largest absolute Gasteiger partial charge is 0.256 e. The maximum atomic E-state index is 4.71. The quantitative estimate of drug-likeness (QED) is 0.397. The van der Waals surface area contributed by atoms with Crippen LogP contribution in [0.15, 0.2) is 103 Å². The van der Waals surface area contributed by atoms with Gasteiger partial charge in [-0.25, -0.2) is 0 Å². The van der Waals surface area contributed by atoms with Gasteiger partial charge in [-0.1, -0.05) is 105 Å². The van der Waals surface area contributed by atoms with Crippen LogP contribution in [-0.4, -0.2) is 4.98 Å². The molecule has 0 aliphatic carbocycles. The monoisotopic (exact) mass is 349 g/mol. The second-order valence-electron chi connectivity index (χ2n) is 7.37. The summed E-state index contributed by atoms with van der Waals surface area (Å²) >= 11 is 0. The van der Waals surface area contributed by atoms with Crippen molar-refractivity contribution in [1.29, 1.82) is 0 Å². The molecule has 0 fully saturated rings. The Kier molecular flexibility index (Phi) is 4.60. The third-order valence-corrected chi connectivity index (χ3v) is 5.27. The minimum Gasteiger partial charge on any atom is -0.256 e. The molecule has 0 amide bonds. The summed E-state index contributed by atoms with van der Waals surface area (Å²) in [4.78, 5) is 4.71. The summed E-state index contributed by atoms with van der Waals surface area (Å²) in [5.74, 6) is 0. The van der Waals surface area contributed by atoms with Crippen molar-refractivity contribution in [3.8, 4) is 22.4 Å². The van der Waals surface area contributed by atoms with Crippen LogP contribution in [0.3, 0.4) is 0 Å². The second kappa shape index (κ2) is 7.20. The maximum absolute atomic E-state index is 4.71. The van der Waals surface area contributed by atoms with Crippen LogP contribution in [0.4, 0.5) is 0 Å². The predicted octanol–water partition coefficient (Wildman–Crippen LogP) is 6.74. The molecule has 132 valence electrons. The first-order valence-electron chi connectivity index (χ1n) is 9.32. The molecule has 0 N–H and O–H groups in total. The van der Waals surface area contributed by atoms with E-state index in [9.17, 15) is 0 Å². The van der Waals surface area contributed by atoms with Crippen LogP contribution in [0.25, 0.3) is 22.4 Å². The van der Waals surface area contributed by atoms with Crippen LogP contribution in [0, 0.1) is 0 Å². The number of nitrogens with zero attached hydrogens (tertiary/aromatic N) is 1. The maximum Gasteiger partial charge on any atom is 0.0702 e. The molecule has 4 aromatic rings. The molecule has 0 radical (unpaired) electrons. The van der Waals surface area contributed by atoms with Crippen LogP contribution in [0.1, 0.15) is 25.0 Å². The molecule has 1 nitrogen and oxygen atoms in total. The van der Waals surface area contributed by atoms with Gasteiger partial charge < -0.3 is 0 Å². The van der Waals surface area contributed by atoms with E-state index in [1.807, 2.05) is 30.5 Å². The van der Waals surface area contributed by atoms with E-state index in [1.165, 1.54) is 22.3 Å². The lowest BCUT2D eigenvalue weighted by Crippen LogP contribution is -2.19. The fraction of sp³-hybridized carbons (Fsp3) is 0.115. The molecule has 1 heteroatoms. The summed E-state index contributed by atoms with van der Waals surface area (Å²) in [6.07, 6.45) is 2.01. The Labute approximate surface area is 161 Å². The Bertz CT molecular complexity index is 914. The number of benzene rings is 3. The highest BCUT2D eigenvalue weighted by atomic mass is 14.7. The highest BCUT2D eigenvalue weighted by Gasteiger charge is 2.23. The molecule has 0 atom stereocenters. The van der Waals surface area contributed by atoms with Gasteiger partial charge in [0.25, 0.3) is 0 Å². The zero-order chi connectivity index (χ0) is 18.7. The van der Waals surface area contributed by atoms with Gasteiger partial charge in [0.1, 0.15) is 0 Å². The highest BCUT2D eigenvalue weighted by molar-refractivity contribution is 5.64.